The van der Waals surface area contributed by atoms with Crippen LogP contribution in [0.1, 0.15) is 41.8 Å². The van der Waals surface area contributed by atoms with E-state index in [-0.39, 0.29) is 11.7 Å². The standard InChI is InChI=1S/C17H20N4O2/c1-4-15-19-11(3)16(23-15)17(22)18-10-14-20-12-8-6-7-9-13(12)21(14)5-2/h6-9H,4-5,10H2,1-3H3,(H,18,22). The van der Waals surface area contributed by atoms with Gasteiger partial charge in [-0.05, 0) is 26.0 Å². The van der Waals surface area contributed by atoms with Gasteiger partial charge in [0.15, 0.2) is 5.89 Å². The Bertz CT molecular complexity index is 848. The number of aromatic nitrogens is 3. The van der Waals surface area contributed by atoms with E-state index in [4.69, 9.17) is 4.42 Å². The molecule has 0 saturated heterocycles. The molecular formula is C17H20N4O2. The van der Waals surface area contributed by atoms with Crippen molar-refractivity contribution in [3.63, 3.8) is 0 Å². The van der Waals surface area contributed by atoms with Crippen molar-refractivity contribution in [3.8, 4) is 0 Å². The molecule has 3 rings (SSSR count). The minimum Gasteiger partial charge on any atom is -0.435 e. The van der Waals surface area contributed by atoms with Crippen LogP contribution in [0.5, 0.6) is 0 Å². The average molecular weight is 312 g/mol. The highest BCUT2D eigenvalue weighted by Crippen LogP contribution is 2.16. The quantitative estimate of drug-likeness (QED) is 0.786. The molecule has 1 amide bonds. The van der Waals surface area contributed by atoms with Crippen molar-refractivity contribution in [2.75, 3.05) is 0 Å². The molecule has 0 bridgehead atoms. The third-order valence-corrected chi connectivity index (χ3v) is 3.81. The average Bonchev–Trinajstić information content (AvgIpc) is 3.12. The lowest BCUT2D eigenvalue weighted by atomic mass is 10.3. The molecule has 6 nitrogen and oxygen atoms in total. The van der Waals surface area contributed by atoms with Gasteiger partial charge in [0.05, 0.1) is 23.3 Å². The maximum Gasteiger partial charge on any atom is 0.289 e. The number of fused-ring (bicyclic) bond motifs is 1. The zero-order chi connectivity index (χ0) is 16.4. The minimum absolute atomic E-state index is 0.260. The largest absolute Gasteiger partial charge is 0.435 e. The number of hydrogen-bond acceptors (Lipinski definition) is 4. The Kier molecular flexibility index (Phi) is 4.14. The van der Waals surface area contributed by atoms with E-state index in [1.807, 2.05) is 31.2 Å². The van der Waals surface area contributed by atoms with Crippen molar-refractivity contribution in [2.45, 2.75) is 40.3 Å². The first-order valence-corrected chi connectivity index (χ1v) is 7.82. The molecule has 3 aromatic rings. The van der Waals surface area contributed by atoms with Crippen molar-refractivity contribution in [1.82, 2.24) is 19.9 Å². The number of nitrogens with zero attached hydrogens (tertiary/aromatic N) is 3. The van der Waals surface area contributed by atoms with Crippen LogP contribution in [-0.4, -0.2) is 20.4 Å². The zero-order valence-corrected chi connectivity index (χ0v) is 13.6. The van der Waals surface area contributed by atoms with Gasteiger partial charge in [-0.25, -0.2) is 9.97 Å². The van der Waals surface area contributed by atoms with Crippen molar-refractivity contribution in [3.05, 3.63) is 47.4 Å². The summed E-state index contributed by atoms with van der Waals surface area (Å²) < 4.78 is 7.58. The Labute approximate surface area is 134 Å². The Balaban J connectivity index is 1.80. The normalized spacial score (nSPS) is 11.1. The van der Waals surface area contributed by atoms with Gasteiger partial charge in [0.1, 0.15) is 5.82 Å². The maximum atomic E-state index is 12.3. The van der Waals surface area contributed by atoms with Crippen LogP contribution in [0.25, 0.3) is 11.0 Å². The van der Waals surface area contributed by atoms with E-state index >= 15 is 0 Å². The van der Waals surface area contributed by atoms with E-state index in [0.29, 0.717) is 24.6 Å². The van der Waals surface area contributed by atoms with Crippen molar-refractivity contribution >= 4 is 16.9 Å². The fourth-order valence-corrected chi connectivity index (χ4v) is 2.67. The number of hydrogen-bond donors (Lipinski definition) is 1. The van der Waals surface area contributed by atoms with Crippen molar-refractivity contribution in [1.29, 1.82) is 0 Å². The van der Waals surface area contributed by atoms with E-state index in [1.165, 1.54) is 0 Å². The number of carbonyl (C=O) groups excluding carboxylic acids is 1. The Hall–Kier alpha value is -2.63. The predicted octanol–water partition coefficient (Wildman–Crippen LogP) is 2.85. The highest BCUT2D eigenvalue weighted by Gasteiger charge is 2.17. The van der Waals surface area contributed by atoms with Gasteiger partial charge in [-0.2, -0.15) is 0 Å². The molecule has 0 radical (unpaired) electrons. The molecule has 0 aliphatic heterocycles. The molecule has 1 N–H and O–H groups in total. The number of carbonyl (C=O) groups is 1. The maximum absolute atomic E-state index is 12.3. The number of oxazole rings is 1. The first kappa shape index (κ1) is 15.3. The Morgan fingerprint density at radius 3 is 2.74 bits per heavy atom. The summed E-state index contributed by atoms with van der Waals surface area (Å²) in [4.78, 5) is 21.1. The molecule has 120 valence electrons. The number of aryl methyl sites for hydroxylation is 3. The van der Waals surface area contributed by atoms with E-state index in [0.717, 1.165) is 23.4 Å². The lowest BCUT2D eigenvalue weighted by Gasteiger charge is -2.07. The topological polar surface area (TPSA) is 73.0 Å². The van der Waals surface area contributed by atoms with Gasteiger partial charge in [-0.1, -0.05) is 19.1 Å². The van der Waals surface area contributed by atoms with Crippen LogP contribution >= 0.6 is 0 Å². The van der Waals surface area contributed by atoms with Crippen LogP contribution in [0.4, 0.5) is 0 Å². The van der Waals surface area contributed by atoms with Crippen LogP contribution in [0, 0.1) is 6.92 Å². The summed E-state index contributed by atoms with van der Waals surface area (Å²) in [5, 5.41) is 2.87. The Morgan fingerprint density at radius 2 is 2.04 bits per heavy atom. The SMILES string of the molecule is CCc1nc(C)c(C(=O)NCc2nc3ccccc3n2CC)o1. The summed E-state index contributed by atoms with van der Waals surface area (Å²) in [7, 11) is 0. The highest BCUT2D eigenvalue weighted by atomic mass is 16.4. The fourth-order valence-electron chi connectivity index (χ4n) is 2.67. The summed E-state index contributed by atoms with van der Waals surface area (Å²) in [6.45, 7) is 6.93. The van der Waals surface area contributed by atoms with Gasteiger partial charge in [0.25, 0.3) is 5.91 Å². The lowest BCUT2D eigenvalue weighted by Crippen LogP contribution is -2.25. The van der Waals surface area contributed by atoms with Gasteiger partial charge in [0, 0.05) is 13.0 Å². The van der Waals surface area contributed by atoms with Crippen LogP contribution in [0.3, 0.4) is 0 Å². The number of benzene rings is 1. The van der Waals surface area contributed by atoms with Crippen LogP contribution in [-0.2, 0) is 19.5 Å². The molecule has 23 heavy (non-hydrogen) atoms. The van der Waals surface area contributed by atoms with Gasteiger partial charge in [-0.3, -0.25) is 4.79 Å². The molecule has 1 aromatic carbocycles. The predicted molar refractivity (Wildman–Crippen MR) is 87.2 cm³/mol. The Morgan fingerprint density at radius 1 is 1.26 bits per heavy atom. The van der Waals surface area contributed by atoms with Gasteiger partial charge in [0.2, 0.25) is 5.76 Å². The van der Waals surface area contributed by atoms with E-state index in [1.54, 1.807) is 6.92 Å². The number of imidazole rings is 1. The monoisotopic (exact) mass is 312 g/mol. The van der Waals surface area contributed by atoms with Crippen molar-refractivity contribution < 1.29 is 9.21 Å². The lowest BCUT2D eigenvalue weighted by molar-refractivity contribution is 0.0919. The van der Waals surface area contributed by atoms with E-state index in [2.05, 4.69) is 26.8 Å². The highest BCUT2D eigenvalue weighted by molar-refractivity contribution is 5.92. The third-order valence-electron chi connectivity index (χ3n) is 3.81. The van der Waals surface area contributed by atoms with E-state index in [9.17, 15) is 4.79 Å². The van der Waals surface area contributed by atoms with Crippen LogP contribution in [0.2, 0.25) is 0 Å². The van der Waals surface area contributed by atoms with Crippen molar-refractivity contribution in [2.24, 2.45) is 0 Å². The van der Waals surface area contributed by atoms with Crippen LogP contribution < -0.4 is 5.32 Å². The first-order chi connectivity index (χ1) is 11.1. The molecule has 0 atom stereocenters. The molecular weight excluding hydrogens is 292 g/mol. The van der Waals surface area contributed by atoms with E-state index < -0.39 is 0 Å². The summed E-state index contributed by atoms with van der Waals surface area (Å²) in [6.07, 6.45) is 0.666. The summed E-state index contributed by atoms with van der Waals surface area (Å²) >= 11 is 0. The number of nitrogens with one attached hydrogen (secondary N) is 1. The molecule has 0 aliphatic carbocycles. The molecule has 0 unspecified atom stereocenters. The third kappa shape index (κ3) is 2.84. The van der Waals surface area contributed by atoms with Crippen LogP contribution in [0.15, 0.2) is 28.7 Å². The molecule has 2 heterocycles. The second kappa shape index (κ2) is 6.24. The number of para-hydroxylation sites is 2. The number of amides is 1. The minimum atomic E-state index is -0.260. The molecule has 6 heteroatoms. The first-order valence-electron chi connectivity index (χ1n) is 7.82. The molecule has 0 spiro atoms. The fraction of sp³-hybridized carbons (Fsp3) is 0.353. The second-order valence-electron chi connectivity index (χ2n) is 5.32. The molecule has 0 fully saturated rings. The van der Waals surface area contributed by atoms with Gasteiger partial charge in [-0.15, -0.1) is 0 Å². The molecule has 2 aromatic heterocycles. The summed E-state index contributed by atoms with van der Waals surface area (Å²) in [6, 6.07) is 7.96. The zero-order valence-electron chi connectivity index (χ0n) is 13.6. The number of rotatable bonds is 5. The van der Waals surface area contributed by atoms with Gasteiger partial charge >= 0.3 is 0 Å². The molecule has 0 aliphatic rings. The van der Waals surface area contributed by atoms with Gasteiger partial charge < -0.3 is 14.3 Å². The smallest absolute Gasteiger partial charge is 0.289 e. The summed E-state index contributed by atoms with van der Waals surface area (Å²) in [5.74, 6) is 1.42. The molecule has 0 saturated carbocycles. The summed E-state index contributed by atoms with van der Waals surface area (Å²) in [5.41, 5.74) is 2.62. The second-order valence-corrected chi connectivity index (χ2v) is 5.32.